The van der Waals surface area contributed by atoms with Crippen molar-refractivity contribution in [2.75, 3.05) is 32.1 Å². The number of hydrogen-bond acceptors (Lipinski definition) is 4. The second-order valence-electron chi connectivity index (χ2n) is 7.66. The number of fused-ring (bicyclic) bond motifs is 1. The molecule has 0 fully saturated rings. The Hall–Kier alpha value is -3.19. The number of benzene rings is 2. The molecule has 0 radical (unpaired) electrons. The minimum atomic E-state index is -0.417. The number of anilines is 1. The first kappa shape index (κ1) is 22.5. The Morgan fingerprint density at radius 2 is 1.68 bits per heavy atom. The van der Waals surface area contributed by atoms with Crippen LogP contribution in [0.2, 0.25) is 0 Å². The molecule has 0 aliphatic carbocycles. The lowest BCUT2D eigenvalue weighted by Gasteiger charge is -2.31. The molecule has 2 amide bonds. The van der Waals surface area contributed by atoms with Gasteiger partial charge in [0.15, 0.2) is 12.6 Å². The van der Waals surface area contributed by atoms with Crippen molar-refractivity contribution in [3.8, 4) is 0 Å². The maximum Gasteiger partial charge on any atom is 0.365 e. The van der Waals surface area contributed by atoms with Gasteiger partial charge in [0.2, 0.25) is 0 Å². The minimum absolute atomic E-state index is 0.0276. The molecule has 3 rings (SSSR count). The lowest BCUT2D eigenvalue weighted by atomic mass is 9.94. The average molecular weight is 425 g/mol. The number of hydrogen-bond donors (Lipinski definition) is 2. The largest absolute Gasteiger partial charge is 0.465 e. The highest BCUT2D eigenvalue weighted by molar-refractivity contribution is 5.96. The van der Waals surface area contributed by atoms with E-state index in [4.69, 9.17) is 4.74 Å². The summed E-state index contributed by atoms with van der Waals surface area (Å²) in [6, 6.07) is 14.5. The zero-order valence-corrected chi connectivity index (χ0v) is 18.3. The van der Waals surface area contributed by atoms with E-state index in [2.05, 4.69) is 5.32 Å². The van der Waals surface area contributed by atoms with Crippen LogP contribution < -0.4 is 10.2 Å². The van der Waals surface area contributed by atoms with Crippen molar-refractivity contribution in [1.82, 2.24) is 4.90 Å². The van der Waals surface area contributed by atoms with Crippen molar-refractivity contribution in [3.05, 3.63) is 65.2 Å². The van der Waals surface area contributed by atoms with Crippen molar-refractivity contribution in [3.63, 3.8) is 0 Å². The predicted octanol–water partition coefficient (Wildman–Crippen LogP) is 1.29. The van der Waals surface area contributed by atoms with Crippen molar-refractivity contribution in [2.24, 2.45) is 0 Å². The van der Waals surface area contributed by atoms with Crippen molar-refractivity contribution < 1.29 is 24.0 Å². The molecule has 1 heterocycles. The number of quaternary nitrogens is 1. The number of esters is 1. The fourth-order valence-corrected chi connectivity index (χ4v) is 4.04. The molecule has 164 valence electrons. The molecule has 2 aromatic carbocycles. The summed E-state index contributed by atoms with van der Waals surface area (Å²) in [6.07, 6.45) is 0.549. The number of nitrogens with zero attached hydrogens (tertiary/aromatic N) is 1. The molecular weight excluding hydrogens is 394 g/mol. The van der Waals surface area contributed by atoms with Crippen LogP contribution in [0.1, 0.15) is 35.3 Å². The van der Waals surface area contributed by atoms with Crippen LogP contribution in [0.3, 0.4) is 0 Å². The van der Waals surface area contributed by atoms with Crippen LogP contribution in [0, 0.1) is 0 Å². The first-order valence-corrected chi connectivity index (χ1v) is 10.6. The molecule has 1 aliphatic rings. The summed E-state index contributed by atoms with van der Waals surface area (Å²) in [4.78, 5) is 40.1. The van der Waals surface area contributed by atoms with Gasteiger partial charge in [0.25, 0.3) is 11.8 Å². The number of methoxy groups -OCH3 is 1. The molecule has 2 atom stereocenters. The molecule has 0 saturated carbocycles. The van der Waals surface area contributed by atoms with E-state index in [9.17, 15) is 14.4 Å². The highest BCUT2D eigenvalue weighted by Crippen LogP contribution is 2.15. The third-order valence-electron chi connectivity index (χ3n) is 5.79. The SMILES string of the molecule is CCN(CC)C(=O)c1ccc(NC(=O)C[NH+]2Cc3ccccc3C[C@H]2C(=O)OC)cc1. The van der Waals surface area contributed by atoms with E-state index < -0.39 is 6.04 Å². The summed E-state index contributed by atoms with van der Waals surface area (Å²) in [5.41, 5.74) is 3.47. The number of amides is 2. The third-order valence-corrected chi connectivity index (χ3v) is 5.79. The van der Waals surface area contributed by atoms with E-state index in [1.54, 1.807) is 29.2 Å². The summed E-state index contributed by atoms with van der Waals surface area (Å²) in [6.45, 7) is 5.92. The quantitative estimate of drug-likeness (QED) is 0.657. The third kappa shape index (κ3) is 5.30. The standard InChI is InChI=1S/C24H29N3O4/c1-4-26(5-2)23(29)17-10-12-20(13-11-17)25-22(28)16-27-15-19-9-7-6-8-18(19)14-21(27)24(30)31-3/h6-13,21H,4-5,14-16H2,1-3H3,(H,25,28)/p+1/t21-/m0/s1. The van der Waals surface area contributed by atoms with Gasteiger partial charge in [0.1, 0.15) is 6.54 Å². The maximum absolute atomic E-state index is 12.7. The Morgan fingerprint density at radius 3 is 2.29 bits per heavy atom. The summed E-state index contributed by atoms with van der Waals surface area (Å²) in [5.74, 6) is -0.525. The fourth-order valence-electron chi connectivity index (χ4n) is 4.04. The molecule has 7 heteroatoms. The van der Waals surface area contributed by atoms with Crippen LogP contribution in [0.4, 0.5) is 5.69 Å². The number of nitrogens with one attached hydrogen (secondary N) is 2. The number of rotatable bonds is 7. The molecule has 0 bridgehead atoms. The Labute approximate surface area is 183 Å². The molecule has 0 aromatic heterocycles. The van der Waals surface area contributed by atoms with Crippen LogP contribution >= 0.6 is 0 Å². The zero-order valence-electron chi connectivity index (χ0n) is 18.3. The lowest BCUT2D eigenvalue weighted by molar-refractivity contribution is -0.924. The molecule has 7 nitrogen and oxygen atoms in total. The molecule has 0 saturated heterocycles. The van der Waals surface area contributed by atoms with Gasteiger partial charge < -0.3 is 19.9 Å². The highest BCUT2D eigenvalue weighted by atomic mass is 16.5. The topological polar surface area (TPSA) is 80.2 Å². The second kappa shape index (κ2) is 10.2. The van der Waals surface area contributed by atoms with Gasteiger partial charge in [-0.3, -0.25) is 9.59 Å². The molecule has 0 spiro atoms. The predicted molar refractivity (Wildman–Crippen MR) is 118 cm³/mol. The number of carbonyl (C=O) groups is 3. The van der Waals surface area contributed by atoms with E-state index in [-0.39, 0.29) is 24.3 Å². The monoisotopic (exact) mass is 424 g/mol. The van der Waals surface area contributed by atoms with Gasteiger partial charge in [-0.25, -0.2) is 4.79 Å². The number of carbonyl (C=O) groups excluding carboxylic acids is 3. The maximum atomic E-state index is 12.7. The highest BCUT2D eigenvalue weighted by Gasteiger charge is 2.37. The van der Waals surface area contributed by atoms with E-state index in [0.29, 0.717) is 37.3 Å². The average Bonchev–Trinajstić information content (AvgIpc) is 2.79. The van der Waals surface area contributed by atoms with Gasteiger partial charge in [-0.15, -0.1) is 0 Å². The van der Waals surface area contributed by atoms with E-state index >= 15 is 0 Å². The summed E-state index contributed by atoms with van der Waals surface area (Å²) < 4.78 is 4.98. The van der Waals surface area contributed by atoms with E-state index in [1.165, 1.54) is 7.11 Å². The molecule has 1 aliphatic heterocycles. The Kier molecular flexibility index (Phi) is 7.41. The molecule has 1 unspecified atom stereocenters. The van der Waals surface area contributed by atoms with Gasteiger partial charge in [-0.2, -0.15) is 0 Å². The summed E-state index contributed by atoms with van der Waals surface area (Å²) >= 11 is 0. The second-order valence-corrected chi connectivity index (χ2v) is 7.66. The van der Waals surface area contributed by atoms with Crippen LogP contribution in [-0.2, 0) is 27.3 Å². The molecule has 2 aromatic rings. The van der Waals surface area contributed by atoms with Crippen LogP contribution in [-0.4, -0.2) is 55.5 Å². The fraction of sp³-hybridized carbons (Fsp3) is 0.375. The Morgan fingerprint density at radius 1 is 1.03 bits per heavy atom. The Bertz CT molecular complexity index is 938. The lowest BCUT2D eigenvalue weighted by Crippen LogP contribution is -3.17. The van der Waals surface area contributed by atoms with Gasteiger partial charge in [0, 0.05) is 36.3 Å². The minimum Gasteiger partial charge on any atom is -0.465 e. The van der Waals surface area contributed by atoms with Crippen molar-refractivity contribution >= 4 is 23.5 Å². The number of ether oxygens (including phenoxy) is 1. The van der Waals surface area contributed by atoms with Gasteiger partial charge in [0.05, 0.1) is 7.11 Å². The molecule has 2 N–H and O–H groups in total. The van der Waals surface area contributed by atoms with Gasteiger partial charge in [-0.05, 0) is 43.7 Å². The van der Waals surface area contributed by atoms with E-state index in [0.717, 1.165) is 16.0 Å². The van der Waals surface area contributed by atoms with E-state index in [1.807, 2.05) is 38.1 Å². The van der Waals surface area contributed by atoms with Crippen molar-refractivity contribution in [2.45, 2.75) is 32.9 Å². The smallest absolute Gasteiger partial charge is 0.365 e. The zero-order chi connectivity index (χ0) is 22.4. The Balaban J connectivity index is 1.66. The summed E-state index contributed by atoms with van der Waals surface area (Å²) in [5, 5.41) is 2.88. The first-order chi connectivity index (χ1) is 15.0. The van der Waals surface area contributed by atoms with Crippen LogP contribution in [0.25, 0.3) is 0 Å². The van der Waals surface area contributed by atoms with Crippen LogP contribution in [0.5, 0.6) is 0 Å². The molecular formula is C24H30N3O4+. The normalized spacial score (nSPS) is 17.4. The summed E-state index contributed by atoms with van der Waals surface area (Å²) in [7, 11) is 1.38. The van der Waals surface area contributed by atoms with Crippen LogP contribution in [0.15, 0.2) is 48.5 Å². The van der Waals surface area contributed by atoms with Gasteiger partial charge in [-0.1, -0.05) is 24.3 Å². The molecule has 31 heavy (non-hydrogen) atoms. The van der Waals surface area contributed by atoms with Crippen molar-refractivity contribution in [1.29, 1.82) is 0 Å². The first-order valence-electron chi connectivity index (χ1n) is 10.6. The van der Waals surface area contributed by atoms with Gasteiger partial charge >= 0.3 is 5.97 Å².